The van der Waals surface area contributed by atoms with Crippen LogP contribution < -0.4 is 11.0 Å². The third kappa shape index (κ3) is 2.85. The van der Waals surface area contributed by atoms with E-state index in [4.69, 9.17) is 14.8 Å². The summed E-state index contributed by atoms with van der Waals surface area (Å²) in [6.07, 6.45) is 1.88. The molecule has 1 aromatic heterocycles. The number of aromatic nitrogens is 2. The fourth-order valence-corrected chi connectivity index (χ4v) is 2.93. The summed E-state index contributed by atoms with van der Waals surface area (Å²) in [5.41, 5.74) is 6.92. The highest BCUT2D eigenvalue weighted by Gasteiger charge is 2.24. The highest BCUT2D eigenvalue weighted by molar-refractivity contribution is 7.62. The summed E-state index contributed by atoms with van der Waals surface area (Å²) in [5, 5.41) is 0.408. The second-order valence-corrected chi connectivity index (χ2v) is 6.29. The van der Waals surface area contributed by atoms with Crippen LogP contribution in [-0.4, -0.2) is 30.5 Å². The molecule has 0 saturated heterocycles. The fraction of sp³-hybridized carbons (Fsp3) is 0.154. The van der Waals surface area contributed by atoms with Crippen LogP contribution in [0.3, 0.4) is 0 Å². The monoisotopic (exact) mass is 307 g/mol. The largest absolute Gasteiger partial charge is 0.383 e. The van der Waals surface area contributed by atoms with Gasteiger partial charge in [-0.05, 0) is 12.1 Å². The minimum absolute atomic E-state index is 0.110. The number of hydrogen-bond acceptors (Lipinski definition) is 7. The average molecular weight is 307 g/mol. The van der Waals surface area contributed by atoms with Gasteiger partial charge in [0, 0.05) is 19.8 Å². The van der Waals surface area contributed by atoms with Gasteiger partial charge in [0.1, 0.15) is 12.1 Å². The van der Waals surface area contributed by atoms with Crippen LogP contribution in [0.15, 0.2) is 30.6 Å². The van der Waals surface area contributed by atoms with E-state index in [1.165, 1.54) is 20.5 Å². The molecule has 0 fully saturated rings. The van der Waals surface area contributed by atoms with Gasteiger partial charge in [0.15, 0.2) is 6.29 Å². The molecule has 0 aliphatic heterocycles. The first kappa shape index (κ1) is 15.3. The Balaban J connectivity index is 2.47. The van der Waals surface area contributed by atoms with E-state index >= 15 is 0 Å². The third-order valence-electron chi connectivity index (χ3n) is 2.97. The lowest BCUT2D eigenvalue weighted by atomic mass is 10.1. The average Bonchev–Trinajstić information content (AvgIpc) is 2.54. The van der Waals surface area contributed by atoms with E-state index in [-0.39, 0.29) is 11.4 Å². The predicted molar refractivity (Wildman–Crippen MR) is 78.5 cm³/mol. The first-order chi connectivity index (χ1) is 10.1. The molecule has 1 heterocycles. The molecule has 0 radical (unpaired) electrons. The van der Waals surface area contributed by atoms with Gasteiger partial charge in [-0.25, -0.2) is 9.97 Å². The molecular formula is C13H14N3O4P. The Hall–Kier alpha value is -2.08. The molecular weight excluding hydrogens is 293 g/mol. The third-order valence-corrected chi connectivity index (χ3v) is 4.86. The quantitative estimate of drug-likeness (QED) is 0.661. The zero-order valence-electron chi connectivity index (χ0n) is 11.5. The Morgan fingerprint density at radius 1 is 1.14 bits per heavy atom. The van der Waals surface area contributed by atoms with Gasteiger partial charge in [0.2, 0.25) is 0 Å². The van der Waals surface area contributed by atoms with Crippen molar-refractivity contribution in [2.75, 3.05) is 20.0 Å². The molecule has 0 unspecified atom stereocenters. The maximum Gasteiger partial charge on any atom is 0.360 e. The molecule has 0 saturated carbocycles. The number of anilines is 1. The molecule has 0 spiro atoms. The minimum Gasteiger partial charge on any atom is -0.383 e. The lowest BCUT2D eigenvalue weighted by Crippen LogP contribution is -2.08. The van der Waals surface area contributed by atoms with E-state index in [2.05, 4.69) is 9.97 Å². The molecule has 0 aliphatic rings. The molecule has 0 bridgehead atoms. The summed E-state index contributed by atoms with van der Waals surface area (Å²) in [6, 6.07) is 6.51. The van der Waals surface area contributed by atoms with Crippen molar-refractivity contribution in [1.29, 1.82) is 0 Å². The van der Waals surface area contributed by atoms with Crippen LogP contribution in [0.5, 0.6) is 0 Å². The van der Waals surface area contributed by atoms with Crippen molar-refractivity contribution in [3.63, 3.8) is 0 Å². The lowest BCUT2D eigenvalue weighted by molar-refractivity contribution is 0.112. The van der Waals surface area contributed by atoms with E-state index in [9.17, 15) is 9.36 Å². The van der Waals surface area contributed by atoms with Crippen LogP contribution in [-0.2, 0) is 13.6 Å². The van der Waals surface area contributed by atoms with Crippen LogP contribution in [0.1, 0.15) is 10.4 Å². The Labute approximate surface area is 121 Å². The normalized spacial score (nSPS) is 11.3. The molecule has 1 aromatic carbocycles. The molecule has 0 amide bonds. The maximum atomic E-state index is 12.2. The smallest absolute Gasteiger partial charge is 0.360 e. The van der Waals surface area contributed by atoms with E-state index < -0.39 is 7.60 Å². The van der Waals surface area contributed by atoms with Crippen LogP contribution in [0, 0.1) is 0 Å². The maximum absolute atomic E-state index is 12.2. The van der Waals surface area contributed by atoms with E-state index in [0.29, 0.717) is 22.8 Å². The van der Waals surface area contributed by atoms with Crippen molar-refractivity contribution in [2.45, 2.75) is 0 Å². The van der Waals surface area contributed by atoms with Crippen molar-refractivity contribution in [2.24, 2.45) is 0 Å². The number of carbonyl (C=O) groups excluding carboxylic acids is 1. The topological polar surface area (TPSA) is 104 Å². The first-order valence-corrected chi connectivity index (χ1v) is 7.48. The second kappa shape index (κ2) is 6.13. The van der Waals surface area contributed by atoms with Crippen LogP contribution in [0.4, 0.5) is 5.82 Å². The molecule has 2 aromatic rings. The Morgan fingerprint density at radius 3 is 2.29 bits per heavy atom. The number of hydrogen-bond donors (Lipinski definition) is 1. The number of nitrogens with two attached hydrogens (primary N) is 1. The van der Waals surface area contributed by atoms with Crippen LogP contribution >= 0.6 is 7.60 Å². The van der Waals surface area contributed by atoms with Crippen molar-refractivity contribution in [3.05, 3.63) is 36.2 Å². The van der Waals surface area contributed by atoms with Crippen LogP contribution in [0.25, 0.3) is 11.3 Å². The Morgan fingerprint density at radius 2 is 1.76 bits per heavy atom. The van der Waals surface area contributed by atoms with Gasteiger partial charge in [0.05, 0.1) is 16.6 Å². The van der Waals surface area contributed by atoms with Crippen molar-refractivity contribution >= 4 is 25.0 Å². The summed E-state index contributed by atoms with van der Waals surface area (Å²) >= 11 is 0. The summed E-state index contributed by atoms with van der Waals surface area (Å²) in [7, 11) is -0.674. The molecule has 0 atom stereocenters. The number of rotatable bonds is 5. The van der Waals surface area contributed by atoms with Gasteiger partial charge < -0.3 is 14.8 Å². The van der Waals surface area contributed by atoms with Gasteiger partial charge in [0.25, 0.3) is 0 Å². The number of nitrogens with zero attached hydrogens (tertiary/aromatic N) is 2. The summed E-state index contributed by atoms with van der Waals surface area (Å²) < 4.78 is 22.1. The van der Waals surface area contributed by atoms with Crippen molar-refractivity contribution in [1.82, 2.24) is 9.97 Å². The van der Waals surface area contributed by atoms with Gasteiger partial charge in [-0.2, -0.15) is 0 Å². The number of aldehydes is 1. The minimum atomic E-state index is -3.30. The predicted octanol–water partition coefficient (Wildman–Crippen LogP) is 1.65. The van der Waals surface area contributed by atoms with Crippen molar-refractivity contribution in [3.8, 4) is 11.3 Å². The molecule has 2 N–H and O–H groups in total. The SMILES string of the molecule is COP(=O)(OC)c1ccc(-c2ncnc(N)c2C=O)cc1. The Bertz CT molecular complexity index is 695. The molecule has 21 heavy (non-hydrogen) atoms. The molecule has 7 nitrogen and oxygen atoms in total. The number of carbonyl (C=O) groups is 1. The van der Waals surface area contributed by atoms with Gasteiger partial charge in [-0.15, -0.1) is 0 Å². The van der Waals surface area contributed by atoms with E-state index in [0.717, 1.165) is 0 Å². The summed E-state index contributed by atoms with van der Waals surface area (Å²) in [4.78, 5) is 18.9. The number of benzene rings is 1. The second-order valence-electron chi connectivity index (χ2n) is 4.05. The standard InChI is InChI=1S/C13H14N3O4P/c1-19-21(18,20-2)10-5-3-9(4-6-10)12-11(7-17)13(14)16-8-15-12/h3-8H,1-2H3,(H2,14,15,16). The Kier molecular flexibility index (Phi) is 4.47. The summed E-state index contributed by atoms with van der Waals surface area (Å²) in [6.45, 7) is 0. The molecule has 8 heteroatoms. The zero-order valence-corrected chi connectivity index (χ0v) is 12.4. The zero-order chi connectivity index (χ0) is 15.5. The number of nitrogen functional groups attached to an aromatic ring is 1. The fourth-order valence-electron chi connectivity index (χ4n) is 1.84. The molecule has 0 aliphatic carbocycles. The highest BCUT2D eigenvalue weighted by atomic mass is 31.2. The molecule has 110 valence electrons. The van der Waals surface area contributed by atoms with Crippen molar-refractivity contribution < 1.29 is 18.4 Å². The molecule has 2 rings (SSSR count). The highest BCUT2D eigenvalue weighted by Crippen LogP contribution is 2.45. The van der Waals surface area contributed by atoms with Gasteiger partial charge in [-0.3, -0.25) is 9.36 Å². The first-order valence-electron chi connectivity index (χ1n) is 5.94. The lowest BCUT2D eigenvalue weighted by Gasteiger charge is -2.14. The van der Waals surface area contributed by atoms with Gasteiger partial charge in [-0.1, -0.05) is 12.1 Å². The van der Waals surface area contributed by atoms with Crippen LogP contribution in [0.2, 0.25) is 0 Å². The van der Waals surface area contributed by atoms with Gasteiger partial charge >= 0.3 is 7.60 Å². The van der Waals surface area contributed by atoms with E-state index in [1.807, 2.05) is 0 Å². The summed E-state index contributed by atoms with van der Waals surface area (Å²) in [5.74, 6) is 0.110. The van der Waals surface area contributed by atoms with E-state index in [1.54, 1.807) is 24.3 Å².